The van der Waals surface area contributed by atoms with Gasteiger partial charge in [-0.1, -0.05) is 31.2 Å². The number of aryl methyl sites for hydroxylation is 1. The summed E-state index contributed by atoms with van der Waals surface area (Å²) in [5.74, 6) is -1.64. The lowest BCUT2D eigenvalue weighted by Crippen LogP contribution is -2.35. The number of carboxylic acid groups (broad SMARTS) is 1. The van der Waals surface area contributed by atoms with Crippen molar-refractivity contribution in [1.82, 2.24) is 5.32 Å². The van der Waals surface area contributed by atoms with E-state index in [1.807, 2.05) is 25.1 Å². The van der Waals surface area contributed by atoms with E-state index in [0.717, 1.165) is 5.56 Å². The second-order valence-electron chi connectivity index (χ2n) is 9.40. The number of fused-ring (bicyclic) bond motifs is 1. The Balaban J connectivity index is 1.28. The van der Waals surface area contributed by atoms with Gasteiger partial charge in [-0.3, -0.25) is 14.4 Å². The molecule has 2 unspecified atom stereocenters. The number of aliphatic carboxylic acids is 1. The molecule has 2 atom stereocenters. The fraction of sp³-hybridized carbons (Fsp3) is 0.241. The minimum atomic E-state index is -1.08. The van der Waals surface area contributed by atoms with Crippen molar-refractivity contribution in [2.45, 2.75) is 32.7 Å². The summed E-state index contributed by atoms with van der Waals surface area (Å²) in [6, 6.07) is 17.7. The number of amides is 4. The molecule has 3 aromatic carbocycles. The van der Waals surface area contributed by atoms with Gasteiger partial charge in [0.15, 0.2) is 11.5 Å². The van der Waals surface area contributed by atoms with Crippen molar-refractivity contribution in [3.63, 3.8) is 0 Å². The lowest BCUT2D eigenvalue weighted by Gasteiger charge is -2.20. The number of anilines is 3. The lowest BCUT2D eigenvalue weighted by atomic mass is 10.0. The first-order valence-electron chi connectivity index (χ1n) is 12.6. The zero-order valence-corrected chi connectivity index (χ0v) is 22.0. The number of benzene rings is 3. The van der Waals surface area contributed by atoms with Crippen LogP contribution >= 0.6 is 0 Å². The van der Waals surface area contributed by atoms with Gasteiger partial charge in [-0.2, -0.15) is 0 Å². The van der Waals surface area contributed by atoms with E-state index in [1.165, 1.54) is 0 Å². The molecule has 0 bridgehead atoms. The zero-order chi connectivity index (χ0) is 28.6. The second-order valence-corrected chi connectivity index (χ2v) is 9.40. The van der Waals surface area contributed by atoms with Gasteiger partial charge in [0.2, 0.25) is 18.6 Å². The van der Waals surface area contributed by atoms with Crippen LogP contribution in [0.1, 0.15) is 36.9 Å². The topological polar surface area (TPSA) is 155 Å². The van der Waals surface area contributed by atoms with E-state index in [-0.39, 0.29) is 19.6 Å². The van der Waals surface area contributed by atoms with Crippen molar-refractivity contribution in [3.05, 3.63) is 77.9 Å². The molecule has 0 fully saturated rings. The first kappa shape index (κ1) is 28.0. The molecule has 0 aromatic heterocycles. The Kier molecular flexibility index (Phi) is 8.85. The van der Waals surface area contributed by atoms with E-state index in [9.17, 15) is 24.3 Å². The van der Waals surface area contributed by atoms with Crippen molar-refractivity contribution in [1.29, 1.82) is 0 Å². The minimum absolute atomic E-state index is 0.0729. The maximum Gasteiger partial charge on any atom is 0.323 e. The van der Waals surface area contributed by atoms with Crippen LogP contribution < -0.4 is 30.7 Å². The van der Waals surface area contributed by atoms with Gasteiger partial charge in [0, 0.05) is 29.4 Å². The third-order valence-corrected chi connectivity index (χ3v) is 6.25. The summed E-state index contributed by atoms with van der Waals surface area (Å²) >= 11 is 0. The monoisotopic (exact) mass is 546 g/mol. The van der Waals surface area contributed by atoms with E-state index < -0.39 is 35.8 Å². The molecular weight excluding hydrogens is 516 g/mol. The summed E-state index contributed by atoms with van der Waals surface area (Å²) in [7, 11) is 0. The highest BCUT2D eigenvalue weighted by molar-refractivity contribution is 6.00. The molecule has 11 nitrogen and oxygen atoms in total. The minimum Gasteiger partial charge on any atom is -0.481 e. The van der Waals surface area contributed by atoms with Crippen molar-refractivity contribution < 1.29 is 33.8 Å². The molecule has 0 aliphatic carbocycles. The summed E-state index contributed by atoms with van der Waals surface area (Å²) in [5.41, 5.74) is 3.21. The molecule has 1 aliphatic heterocycles. The molecule has 40 heavy (non-hydrogen) atoms. The number of rotatable bonds is 10. The van der Waals surface area contributed by atoms with Crippen LogP contribution in [0.15, 0.2) is 66.7 Å². The molecule has 0 saturated heterocycles. The van der Waals surface area contributed by atoms with Crippen LogP contribution in [0, 0.1) is 12.8 Å². The van der Waals surface area contributed by atoms with Crippen LogP contribution in [0.4, 0.5) is 21.9 Å². The third-order valence-electron chi connectivity index (χ3n) is 6.25. The van der Waals surface area contributed by atoms with Gasteiger partial charge in [-0.05, 0) is 60.5 Å². The van der Waals surface area contributed by atoms with Crippen molar-refractivity contribution in [2.75, 3.05) is 22.7 Å². The van der Waals surface area contributed by atoms with Gasteiger partial charge < -0.3 is 35.8 Å². The molecule has 3 aromatic rings. The predicted molar refractivity (Wildman–Crippen MR) is 148 cm³/mol. The smallest absolute Gasteiger partial charge is 0.323 e. The van der Waals surface area contributed by atoms with E-state index in [2.05, 4.69) is 21.3 Å². The number of urea groups is 1. The van der Waals surface area contributed by atoms with E-state index in [0.29, 0.717) is 34.1 Å². The number of carbonyl (C=O) groups is 4. The maximum absolute atomic E-state index is 12.8. The molecule has 4 amide bonds. The van der Waals surface area contributed by atoms with Crippen LogP contribution in [0.3, 0.4) is 0 Å². The predicted octanol–water partition coefficient (Wildman–Crippen LogP) is 4.66. The van der Waals surface area contributed by atoms with E-state index in [4.69, 9.17) is 9.47 Å². The maximum atomic E-state index is 12.8. The molecule has 0 spiro atoms. The van der Waals surface area contributed by atoms with E-state index in [1.54, 1.807) is 55.5 Å². The standard InChI is InChI=1S/C29H30N4O7/c1-17-5-3-4-6-22(17)33-29(38)31-21-10-8-20(9-11-21)30-26(34)13-18(2)28(37)32-23(15-27(35)36)19-7-12-24-25(14-19)40-16-39-24/h3-12,14,18,23H,13,15-16H2,1-2H3,(H,30,34)(H,32,37)(H,35,36)(H2,31,33,38). The highest BCUT2D eigenvalue weighted by atomic mass is 16.7. The van der Waals surface area contributed by atoms with Crippen molar-refractivity contribution >= 4 is 40.9 Å². The Morgan fingerprint density at radius 2 is 1.52 bits per heavy atom. The van der Waals surface area contributed by atoms with Gasteiger partial charge in [-0.25, -0.2) is 4.79 Å². The van der Waals surface area contributed by atoms with Gasteiger partial charge in [0.25, 0.3) is 0 Å². The molecule has 5 N–H and O–H groups in total. The number of hydrogen-bond acceptors (Lipinski definition) is 6. The highest BCUT2D eigenvalue weighted by Gasteiger charge is 2.25. The first-order chi connectivity index (χ1) is 19.2. The van der Waals surface area contributed by atoms with Crippen LogP contribution in [0.2, 0.25) is 0 Å². The molecule has 0 radical (unpaired) electrons. The van der Waals surface area contributed by atoms with Gasteiger partial charge in [0.05, 0.1) is 12.5 Å². The first-order valence-corrected chi connectivity index (χ1v) is 12.6. The zero-order valence-electron chi connectivity index (χ0n) is 22.0. The molecule has 1 aliphatic rings. The molecule has 0 saturated carbocycles. The van der Waals surface area contributed by atoms with Crippen LogP contribution in [0.5, 0.6) is 11.5 Å². The molecule has 208 valence electrons. The quantitative estimate of drug-likeness (QED) is 0.248. The average Bonchev–Trinajstić information content (AvgIpc) is 3.38. The lowest BCUT2D eigenvalue weighted by molar-refractivity contribution is -0.138. The summed E-state index contributed by atoms with van der Waals surface area (Å²) in [5, 5.41) is 20.3. The average molecular weight is 547 g/mol. The normalized spacial score (nSPS) is 13.1. The molecule has 4 rings (SSSR count). The van der Waals surface area contributed by atoms with E-state index >= 15 is 0 Å². The number of carboxylic acids is 1. The number of hydrogen-bond donors (Lipinski definition) is 5. The summed E-state index contributed by atoms with van der Waals surface area (Å²) in [4.78, 5) is 49.1. The summed E-state index contributed by atoms with van der Waals surface area (Å²) in [6.45, 7) is 3.56. The number of nitrogens with one attached hydrogen (secondary N) is 4. The SMILES string of the molecule is Cc1ccccc1NC(=O)Nc1ccc(NC(=O)CC(C)C(=O)NC(CC(=O)O)c2ccc3c(c2)OCO3)cc1. The Bertz CT molecular complexity index is 1410. The fourth-order valence-corrected chi connectivity index (χ4v) is 4.09. The second kappa shape index (κ2) is 12.7. The Hall–Kier alpha value is -5.06. The molecule has 11 heteroatoms. The number of carbonyl (C=O) groups excluding carboxylic acids is 3. The van der Waals surface area contributed by atoms with Gasteiger partial charge in [-0.15, -0.1) is 0 Å². The van der Waals surface area contributed by atoms with Crippen molar-refractivity contribution in [3.8, 4) is 11.5 Å². The van der Waals surface area contributed by atoms with Crippen molar-refractivity contribution in [2.24, 2.45) is 5.92 Å². The van der Waals surface area contributed by atoms with Gasteiger partial charge >= 0.3 is 12.0 Å². The summed E-state index contributed by atoms with van der Waals surface area (Å²) in [6.07, 6.45) is -0.459. The Morgan fingerprint density at radius 1 is 0.850 bits per heavy atom. The van der Waals surface area contributed by atoms with Crippen LogP contribution in [-0.2, 0) is 14.4 Å². The third kappa shape index (κ3) is 7.50. The Labute approximate surface area is 230 Å². The molecule has 1 heterocycles. The Morgan fingerprint density at radius 3 is 2.23 bits per heavy atom. The number of ether oxygens (including phenoxy) is 2. The van der Waals surface area contributed by atoms with Crippen LogP contribution in [-0.4, -0.2) is 35.7 Å². The summed E-state index contributed by atoms with van der Waals surface area (Å²) < 4.78 is 10.6. The molecular formula is C29H30N4O7. The largest absolute Gasteiger partial charge is 0.481 e. The highest BCUT2D eigenvalue weighted by Crippen LogP contribution is 2.35. The number of para-hydroxylation sites is 1. The fourth-order valence-electron chi connectivity index (χ4n) is 4.09. The van der Waals surface area contributed by atoms with Crippen LogP contribution in [0.25, 0.3) is 0 Å². The van der Waals surface area contributed by atoms with Gasteiger partial charge in [0.1, 0.15) is 0 Å².